The van der Waals surface area contributed by atoms with Crippen LogP contribution in [0.5, 0.6) is 0 Å². The summed E-state index contributed by atoms with van der Waals surface area (Å²) in [5.41, 5.74) is 1.21. The van der Waals surface area contributed by atoms with Gasteiger partial charge in [0.15, 0.2) is 6.10 Å². The molecule has 2 nitrogen and oxygen atoms in total. The van der Waals surface area contributed by atoms with Crippen LogP contribution in [0.2, 0.25) is 0 Å². The van der Waals surface area contributed by atoms with Gasteiger partial charge in [0.05, 0.1) is 5.92 Å². The average Bonchev–Trinajstić information content (AvgIpc) is 3.07. The van der Waals surface area contributed by atoms with Crippen molar-refractivity contribution in [2.45, 2.75) is 72.3 Å². The van der Waals surface area contributed by atoms with Gasteiger partial charge in [0.1, 0.15) is 0 Å². The molecule has 0 aromatic rings. The Bertz CT molecular complexity index is 537. The van der Waals surface area contributed by atoms with Crippen molar-refractivity contribution in [3.8, 4) is 12.3 Å². The first-order valence-electron chi connectivity index (χ1n) is 9.34. The molecule has 3 unspecified atom stereocenters. The highest BCUT2D eigenvalue weighted by molar-refractivity contribution is 5.78. The van der Waals surface area contributed by atoms with E-state index in [0.717, 1.165) is 12.3 Å². The second kappa shape index (κ2) is 8.06. The molecule has 132 valence electrons. The van der Waals surface area contributed by atoms with E-state index in [9.17, 15) is 4.79 Å². The molecule has 2 heteroatoms. The molecule has 0 saturated heterocycles. The molecule has 0 aliphatic heterocycles. The van der Waals surface area contributed by atoms with Gasteiger partial charge in [0, 0.05) is 0 Å². The largest absolute Gasteiger partial charge is 0.445 e. The van der Waals surface area contributed by atoms with Crippen molar-refractivity contribution in [3.63, 3.8) is 0 Å². The Kier molecular flexibility index (Phi) is 6.33. The van der Waals surface area contributed by atoms with Crippen LogP contribution in [0.25, 0.3) is 0 Å². The summed E-state index contributed by atoms with van der Waals surface area (Å²) >= 11 is 0. The third-order valence-electron chi connectivity index (χ3n) is 5.59. The molecular weight excluding hydrogens is 296 g/mol. The van der Waals surface area contributed by atoms with Gasteiger partial charge in [-0.2, -0.15) is 0 Å². The fourth-order valence-electron chi connectivity index (χ4n) is 3.94. The number of hydrogen-bond donors (Lipinski definition) is 0. The van der Waals surface area contributed by atoms with Crippen molar-refractivity contribution >= 4 is 5.97 Å². The van der Waals surface area contributed by atoms with Crippen molar-refractivity contribution in [2.24, 2.45) is 23.2 Å². The molecule has 0 amide bonds. The predicted molar refractivity (Wildman–Crippen MR) is 99.2 cm³/mol. The number of hydrogen-bond acceptors (Lipinski definition) is 2. The lowest BCUT2D eigenvalue weighted by atomic mass is 9.87. The van der Waals surface area contributed by atoms with Gasteiger partial charge < -0.3 is 4.74 Å². The zero-order valence-corrected chi connectivity index (χ0v) is 15.7. The number of carbonyl (C=O) groups is 1. The van der Waals surface area contributed by atoms with E-state index >= 15 is 0 Å². The molecule has 2 fully saturated rings. The van der Waals surface area contributed by atoms with Gasteiger partial charge in [-0.1, -0.05) is 69.6 Å². The molecule has 0 heterocycles. The Labute approximate surface area is 147 Å². The Balaban J connectivity index is 1.85. The van der Waals surface area contributed by atoms with E-state index in [0.29, 0.717) is 0 Å². The number of rotatable bonds is 6. The summed E-state index contributed by atoms with van der Waals surface area (Å²) in [6.07, 6.45) is 18.9. The Morgan fingerprint density at radius 2 is 1.96 bits per heavy atom. The smallest absolute Gasteiger partial charge is 0.311 e. The third kappa shape index (κ3) is 4.76. The molecule has 0 radical (unpaired) electrons. The van der Waals surface area contributed by atoms with Gasteiger partial charge >= 0.3 is 5.97 Å². The summed E-state index contributed by atoms with van der Waals surface area (Å²) < 4.78 is 5.57. The number of allylic oxidation sites excluding steroid dienone is 3. The van der Waals surface area contributed by atoms with Crippen molar-refractivity contribution in [2.75, 3.05) is 0 Å². The minimum atomic E-state index is -0.537. The molecule has 2 rings (SSSR count). The highest BCUT2D eigenvalue weighted by Gasteiger charge is 2.61. The highest BCUT2D eigenvalue weighted by Crippen LogP contribution is 2.59. The molecule has 2 saturated carbocycles. The fraction of sp³-hybridized carbons (Fsp3) is 0.682. The van der Waals surface area contributed by atoms with Gasteiger partial charge in [0.2, 0.25) is 0 Å². The summed E-state index contributed by atoms with van der Waals surface area (Å²) in [5, 5.41) is 0. The standard InChI is InChI=1S/C22H32O2/c1-6-18(14-10-13-17-11-8-7-9-12-17)24-21(23)20-19(15-16(2)3)22(20,4)5/h1,10,14-15,17-20H,7-9,11-13H2,2-5H3. The summed E-state index contributed by atoms with van der Waals surface area (Å²) in [5.74, 6) is 3.39. The normalized spacial score (nSPS) is 27.3. The van der Waals surface area contributed by atoms with Crippen molar-refractivity contribution in [3.05, 3.63) is 23.8 Å². The summed E-state index contributed by atoms with van der Waals surface area (Å²) in [4.78, 5) is 12.5. The topological polar surface area (TPSA) is 26.3 Å². The summed E-state index contributed by atoms with van der Waals surface area (Å²) in [6.45, 7) is 8.36. The fourth-order valence-corrected chi connectivity index (χ4v) is 3.94. The number of esters is 1. The van der Waals surface area contributed by atoms with Crippen molar-refractivity contribution < 1.29 is 9.53 Å². The van der Waals surface area contributed by atoms with E-state index < -0.39 is 6.10 Å². The van der Waals surface area contributed by atoms with Crippen LogP contribution >= 0.6 is 0 Å². The first-order valence-corrected chi connectivity index (χ1v) is 9.34. The van der Waals surface area contributed by atoms with Crippen LogP contribution < -0.4 is 0 Å². The van der Waals surface area contributed by atoms with Gasteiger partial charge in [-0.15, -0.1) is 6.42 Å². The Hall–Kier alpha value is -1.49. The molecule has 2 aliphatic carbocycles. The Morgan fingerprint density at radius 1 is 1.29 bits per heavy atom. The van der Waals surface area contributed by atoms with E-state index in [-0.39, 0.29) is 23.2 Å². The van der Waals surface area contributed by atoms with E-state index in [1.54, 1.807) is 0 Å². The maximum atomic E-state index is 12.5. The predicted octanol–water partition coefficient (Wildman–Crippen LogP) is 5.30. The molecule has 0 aromatic heterocycles. The molecule has 0 spiro atoms. The summed E-state index contributed by atoms with van der Waals surface area (Å²) in [7, 11) is 0. The van der Waals surface area contributed by atoms with E-state index in [2.05, 4.69) is 45.8 Å². The van der Waals surface area contributed by atoms with Gasteiger partial charge in [-0.05, 0) is 43.6 Å². The zero-order valence-electron chi connectivity index (χ0n) is 15.7. The molecule has 0 aromatic carbocycles. The zero-order chi connectivity index (χ0) is 17.7. The van der Waals surface area contributed by atoms with E-state index in [4.69, 9.17) is 11.2 Å². The molecule has 0 bridgehead atoms. The third-order valence-corrected chi connectivity index (χ3v) is 5.59. The molecule has 2 aliphatic rings. The number of ether oxygens (including phenoxy) is 1. The van der Waals surface area contributed by atoms with Crippen LogP contribution in [0.3, 0.4) is 0 Å². The number of carbonyl (C=O) groups excluding carboxylic acids is 1. The Morgan fingerprint density at radius 3 is 2.54 bits per heavy atom. The van der Waals surface area contributed by atoms with Crippen molar-refractivity contribution in [1.82, 2.24) is 0 Å². The average molecular weight is 328 g/mol. The first kappa shape index (κ1) is 18.8. The van der Waals surface area contributed by atoms with Gasteiger partial charge in [-0.3, -0.25) is 4.79 Å². The molecule has 0 N–H and O–H groups in total. The van der Waals surface area contributed by atoms with Crippen molar-refractivity contribution in [1.29, 1.82) is 0 Å². The van der Waals surface area contributed by atoms with Crippen LogP contribution in [0.15, 0.2) is 23.8 Å². The first-order chi connectivity index (χ1) is 11.4. The van der Waals surface area contributed by atoms with E-state index in [1.165, 1.54) is 37.7 Å². The highest BCUT2D eigenvalue weighted by atomic mass is 16.5. The van der Waals surface area contributed by atoms with Gasteiger partial charge in [-0.25, -0.2) is 0 Å². The number of terminal acetylenes is 1. The second-order valence-electron chi connectivity index (χ2n) is 8.26. The minimum absolute atomic E-state index is 0.0285. The van der Waals surface area contributed by atoms with Crippen LogP contribution in [-0.2, 0) is 9.53 Å². The van der Waals surface area contributed by atoms with E-state index in [1.807, 2.05) is 6.08 Å². The lowest BCUT2D eigenvalue weighted by molar-refractivity contribution is -0.147. The lowest BCUT2D eigenvalue weighted by Crippen LogP contribution is -2.18. The lowest BCUT2D eigenvalue weighted by Gasteiger charge is -2.19. The molecular formula is C22H32O2. The van der Waals surface area contributed by atoms with Crippen LogP contribution in [0, 0.1) is 35.5 Å². The van der Waals surface area contributed by atoms with Crippen LogP contribution in [-0.4, -0.2) is 12.1 Å². The maximum Gasteiger partial charge on any atom is 0.311 e. The quantitative estimate of drug-likeness (QED) is 0.376. The molecule has 24 heavy (non-hydrogen) atoms. The SMILES string of the molecule is C#CC(C=CCC1CCCCC1)OC(=O)C1C(C=C(C)C)C1(C)C. The minimum Gasteiger partial charge on any atom is -0.445 e. The van der Waals surface area contributed by atoms with Crippen LogP contribution in [0.4, 0.5) is 0 Å². The summed E-state index contributed by atoms with van der Waals surface area (Å²) in [6, 6.07) is 0. The molecule has 3 atom stereocenters. The maximum absolute atomic E-state index is 12.5. The monoisotopic (exact) mass is 328 g/mol. The van der Waals surface area contributed by atoms with Crippen LogP contribution in [0.1, 0.15) is 66.2 Å². The second-order valence-corrected chi connectivity index (χ2v) is 8.26. The van der Waals surface area contributed by atoms with Gasteiger partial charge in [0.25, 0.3) is 0 Å².